The Morgan fingerprint density at radius 1 is 1.15 bits per heavy atom. The lowest BCUT2D eigenvalue weighted by Gasteiger charge is -2.23. The molecule has 2 aromatic rings. The molecule has 2 amide bonds. The van der Waals surface area contributed by atoms with Gasteiger partial charge in [-0.15, -0.1) is 0 Å². The first-order chi connectivity index (χ1) is 12.0. The highest BCUT2D eigenvalue weighted by Gasteiger charge is 2.25. The van der Waals surface area contributed by atoms with Crippen molar-refractivity contribution in [3.8, 4) is 5.75 Å². The molecule has 0 saturated heterocycles. The van der Waals surface area contributed by atoms with Crippen LogP contribution in [0, 0.1) is 0 Å². The highest BCUT2D eigenvalue weighted by atomic mass is 16.5. The van der Waals surface area contributed by atoms with E-state index in [1.54, 1.807) is 7.11 Å². The average Bonchev–Trinajstić information content (AvgIpc) is 2.97. The SMILES string of the molecule is COc1ccccc1CNC(=O)Nc1cc(C(C)(C)C)nn1C(C)(C)C. The Morgan fingerprint density at radius 2 is 1.81 bits per heavy atom. The van der Waals surface area contributed by atoms with E-state index in [0.29, 0.717) is 12.4 Å². The van der Waals surface area contributed by atoms with Crippen LogP contribution in [-0.4, -0.2) is 22.9 Å². The van der Waals surface area contributed by atoms with Crippen LogP contribution in [-0.2, 0) is 17.5 Å². The van der Waals surface area contributed by atoms with Gasteiger partial charge in [0.15, 0.2) is 0 Å². The average molecular weight is 358 g/mol. The zero-order valence-electron chi connectivity index (χ0n) is 16.8. The van der Waals surface area contributed by atoms with Crippen molar-refractivity contribution in [2.75, 3.05) is 12.4 Å². The maximum absolute atomic E-state index is 12.4. The molecular formula is C20H30N4O2. The van der Waals surface area contributed by atoms with E-state index < -0.39 is 0 Å². The highest BCUT2D eigenvalue weighted by molar-refractivity contribution is 5.88. The molecule has 0 aliphatic rings. The summed E-state index contributed by atoms with van der Waals surface area (Å²) in [5, 5.41) is 10.5. The molecule has 0 aliphatic carbocycles. The normalized spacial score (nSPS) is 12.0. The Labute approximate surface area is 155 Å². The number of ether oxygens (including phenoxy) is 1. The lowest BCUT2D eigenvalue weighted by Crippen LogP contribution is -2.32. The van der Waals surface area contributed by atoms with Gasteiger partial charge in [0.25, 0.3) is 0 Å². The summed E-state index contributed by atoms with van der Waals surface area (Å²) in [6, 6.07) is 9.28. The third-order valence-corrected chi connectivity index (χ3v) is 3.99. The largest absolute Gasteiger partial charge is 0.496 e. The van der Waals surface area contributed by atoms with Gasteiger partial charge in [0.05, 0.1) is 18.3 Å². The predicted molar refractivity (Wildman–Crippen MR) is 105 cm³/mol. The van der Waals surface area contributed by atoms with Crippen molar-refractivity contribution in [3.63, 3.8) is 0 Å². The molecule has 0 fully saturated rings. The molecule has 1 heterocycles. The number of hydrogen-bond acceptors (Lipinski definition) is 3. The second-order valence-electron chi connectivity index (χ2n) is 8.37. The zero-order valence-corrected chi connectivity index (χ0v) is 16.8. The van der Waals surface area contributed by atoms with Crippen molar-refractivity contribution in [2.24, 2.45) is 0 Å². The number of nitrogens with zero attached hydrogens (tertiary/aromatic N) is 2. The Kier molecular flexibility index (Phi) is 5.64. The molecule has 0 bridgehead atoms. The number of anilines is 1. The van der Waals surface area contributed by atoms with E-state index in [4.69, 9.17) is 9.84 Å². The Hall–Kier alpha value is -2.50. The fourth-order valence-electron chi connectivity index (χ4n) is 2.53. The van der Waals surface area contributed by atoms with E-state index in [2.05, 4.69) is 52.2 Å². The lowest BCUT2D eigenvalue weighted by atomic mass is 9.92. The lowest BCUT2D eigenvalue weighted by molar-refractivity contribution is 0.251. The van der Waals surface area contributed by atoms with Gasteiger partial charge in [-0.05, 0) is 26.8 Å². The maximum Gasteiger partial charge on any atom is 0.320 e. The van der Waals surface area contributed by atoms with Crippen LogP contribution in [0.25, 0.3) is 0 Å². The number of benzene rings is 1. The number of amides is 2. The molecule has 0 atom stereocenters. The highest BCUT2D eigenvalue weighted by Crippen LogP contribution is 2.28. The Morgan fingerprint density at radius 3 is 2.38 bits per heavy atom. The summed E-state index contributed by atoms with van der Waals surface area (Å²) in [5.74, 6) is 1.43. The van der Waals surface area contributed by atoms with Crippen LogP contribution in [0.15, 0.2) is 30.3 Å². The summed E-state index contributed by atoms with van der Waals surface area (Å²) >= 11 is 0. The minimum absolute atomic E-state index is 0.0964. The van der Waals surface area contributed by atoms with Crippen molar-refractivity contribution in [1.82, 2.24) is 15.1 Å². The second-order valence-corrected chi connectivity index (χ2v) is 8.37. The number of para-hydroxylation sites is 1. The molecule has 2 rings (SSSR count). The molecule has 142 valence electrons. The first-order valence-electron chi connectivity index (χ1n) is 8.80. The maximum atomic E-state index is 12.4. The minimum atomic E-state index is -0.276. The Bertz CT molecular complexity index is 767. The number of aromatic nitrogens is 2. The molecule has 1 aromatic heterocycles. The molecule has 6 nitrogen and oxygen atoms in total. The summed E-state index contributed by atoms with van der Waals surface area (Å²) in [4.78, 5) is 12.4. The number of rotatable bonds is 4. The van der Waals surface area contributed by atoms with Crippen molar-refractivity contribution in [2.45, 2.75) is 59.0 Å². The zero-order chi connectivity index (χ0) is 19.5. The third-order valence-electron chi connectivity index (χ3n) is 3.99. The standard InChI is InChI=1S/C20H30N4O2/c1-19(2,3)16-12-17(24(23-16)20(4,5)6)22-18(25)21-13-14-10-8-9-11-15(14)26-7/h8-12H,13H2,1-7H3,(H2,21,22,25). The molecule has 0 spiro atoms. The smallest absolute Gasteiger partial charge is 0.320 e. The van der Waals surface area contributed by atoms with E-state index in [0.717, 1.165) is 17.0 Å². The topological polar surface area (TPSA) is 68.2 Å². The summed E-state index contributed by atoms with van der Waals surface area (Å²) < 4.78 is 7.17. The first kappa shape index (κ1) is 19.8. The molecular weight excluding hydrogens is 328 g/mol. The van der Waals surface area contributed by atoms with Gasteiger partial charge < -0.3 is 10.1 Å². The van der Waals surface area contributed by atoms with Crippen LogP contribution >= 0.6 is 0 Å². The van der Waals surface area contributed by atoms with E-state index in [9.17, 15) is 4.79 Å². The van der Waals surface area contributed by atoms with Gasteiger partial charge in [0.2, 0.25) is 0 Å². The molecule has 0 saturated carbocycles. The molecule has 0 radical (unpaired) electrons. The van der Waals surface area contributed by atoms with Crippen LogP contribution in [0.4, 0.5) is 10.6 Å². The van der Waals surface area contributed by atoms with Gasteiger partial charge in [0.1, 0.15) is 11.6 Å². The summed E-state index contributed by atoms with van der Waals surface area (Å²) in [7, 11) is 1.62. The van der Waals surface area contributed by atoms with E-state index in [-0.39, 0.29) is 17.0 Å². The van der Waals surface area contributed by atoms with Gasteiger partial charge in [-0.25, -0.2) is 9.48 Å². The monoisotopic (exact) mass is 358 g/mol. The van der Waals surface area contributed by atoms with Crippen molar-refractivity contribution < 1.29 is 9.53 Å². The van der Waals surface area contributed by atoms with Crippen LogP contribution < -0.4 is 15.4 Å². The number of urea groups is 1. The molecule has 6 heteroatoms. The van der Waals surface area contributed by atoms with Crippen LogP contribution in [0.3, 0.4) is 0 Å². The van der Waals surface area contributed by atoms with Gasteiger partial charge >= 0.3 is 6.03 Å². The molecule has 0 unspecified atom stereocenters. The van der Waals surface area contributed by atoms with Crippen LogP contribution in [0.2, 0.25) is 0 Å². The molecule has 0 aliphatic heterocycles. The van der Waals surface area contributed by atoms with Crippen LogP contribution in [0.5, 0.6) is 5.75 Å². The van der Waals surface area contributed by atoms with Gasteiger partial charge in [-0.3, -0.25) is 5.32 Å². The molecule has 1 aromatic carbocycles. The first-order valence-corrected chi connectivity index (χ1v) is 8.80. The van der Waals surface area contributed by atoms with Crippen molar-refractivity contribution >= 4 is 11.8 Å². The third kappa shape index (κ3) is 4.77. The fourth-order valence-corrected chi connectivity index (χ4v) is 2.53. The van der Waals surface area contributed by atoms with Gasteiger partial charge in [-0.1, -0.05) is 39.0 Å². The van der Waals surface area contributed by atoms with Crippen molar-refractivity contribution in [3.05, 3.63) is 41.6 Å². The summed E-state index contributed by atoms with van der Waals surface area (Å²) in [6.07, 6.45) is 0. The van der Waals surface area contributed by atoms with Crippen molar-refractivity contribution in [1.29, 1.82) is 0 Å². The molecule has 2 N–H and O–H groups in total. The van der Waals surface area contributed by atoms with Gasteiger partial charge in [0, 0.05) is 23.6 Å². The number of nitrogens with one attached hydrogen (secondary N) is 2. The van der Waals surface area contributed by atoms with Crippen LogP contribution in [0.1, 0.15) is 52.8 Å². The number of carbonyl (C=O) groups excluding carboxylic acids is 1. The van der Waals surface area contributed by atoms with Gasteiger partial charge in [-0.2, -0.15) is 5.10 Å². The number of carbonyl (C=O) groups is 1. The second kappa shape index (κ2) is 7.40. The predicted octanol–water partition coefficient (Wildman–Crippen LogP) is 4.27. The molecule has 26 heavy (non-hydrogen) atoms. The fraction of sp³-hybridized carbons (Fsp3) is 0.500. The summed E-state index contributed by atoms with van der Waals surface area (Å²) in [6.45, 7) is 12.9. The Balaban J connectivity index is 2.14. The summed E-state index contributed by atoms with van der Waals surface area (Å²) in [5.41, 5.74) is 1.52. The number of methoxy groups -OCH3 is 1. The minimum Gasteiger partial charge on any atom is -0.496 e. The van der Waals surface area contributed by atoms with E-state index >= 15 is 0 Å². The van der Waals surface area contributed by atoms with E-state index in [1.807, 2.05) is 35.0 Å². The van der Waals surface area contributed by atoms with E-state index in [1.165, 1.54) is 0 Å². The quantitative estimate of drug-likeness (QED) is 0.858. The number of hydrogen-bond donors (Lipinski definition) is 2.